The third-order valence-corrected chi connectivity index (χ3v) is 4.55. The first-order chi connectivity index (χ1) is 12.7. The third kappa shape index (κ3) is 2.85. The fourth-order valence-electron chi connectivity index (χ4n) is 3.06. The van der Waals surface area contributed by atoms with E-state index in [1.165, 1.54) is 0 Å². The first-order valence-electron chi connectivity index (χ1n) is 8.28. The zero-order valence-electron chi connectivity index (χ0n) is 13.7. The van der Waals surface area contributed by atoms with E-state index in [1.54, 1.807) is 0 Å². The molecule has 0 spiro atoms. The van der Waals surface area contributed by atoms with Gasteiger partial charge in [-0.2, -0.15) is 0 Å². The summed E-state index contributed by atoms with van der Waals surface area (Å²) in [6.45, 7) is 0. The van der Waals surface area contributed by atoms with Gasteiger partial charge >= 0.3 is 0 Å². The molecule has 0 saturated carbocycles. The van der Waals surface area contributed by atoms with E-state index in [2.05, 4.69) is 20.0 Å². The summed E-state index contributed by atoms with van der Waals surface area (Å²) in [5, 5.41) is 0. The summed E-state index contributed by atoms with van der Waals surface area (Å²) in [4.78, 5) is 18.5. The number of hydrogen-bond acceptors (Lipinski definition) is 4. The molecular formula is C21H13ClN4. The van der Waals surface area contributed by atoms with Crippen molar-refractivity contribution in [3.63, 3.8) is 0 Å². The van der Waals surface area contributed by atoms with Crippen molar-refractivity contribution in [2.75, 3.05) is 5.88 Å². The Morgan fingerprint density at radius 3 is 1.58 bits per heavy atom. The van der Waals surface area contributed by atoms with Gasteiger partial charge in [0.2, 0.25) is 0 Å². The van der Waals surface area contributed by atoms with Crippen molar-refractivity contribution >= 4 is 34.4 Å². The van der Waals surface area contributed by atoms with Crippen molar-refractivity contribution in [2.45, 2.75) is 0 Å². The lowest BCUT2D eigenvalue weighted by Crippen LogP contribution is -1.91. The Bertz CT molecular complexity index is 1090. The number of rotatable bonds is 1. The fourth-order valence-corrected chi connectivity index (χ4v) is 3.28. The molecule has 26 heavy (non-hydrogen) atoms. The van der Waals surface area contributed by atoms with Gasteiger partial charge in [-0.1, -0.05) is 0 Å². The van der Waals surface area contributed by atoms with Crippen LogP contribution in [0.2, 0.25) is 0 Å². The molecule has 0 aromatic carbocycles. The molecule has 0 amide bonds. The van der Waals surface area contributed by atoms with Gasteiger partial charge in [0.15, 0.2) is 0 Å². The van der Waals surface area contributed by atoms with Crippen LogP contribution in [0.15, 0.2) is 115 Å². The highest BCUT2D eigenvalue weighted by Crippen LogP contribution is 2.24. The van der Waals surface area contributed by atoms with Crippen LogP contribution in [-0.4, -0.2) is 28.7 Å². The molecule has 0 saturated heterocycles. The lowest BCUT2D eigenvalue weighted by molar-refractivity contribution is 1.34. The Labute approximate surface area is 155 Å². The minimum atomic E-state index is 0.403. The van der Waals surface area contributed by atoms with Crippen molar-refractivity contribution in [2.24, 2.45) is 20.0 Å². The standard InChI is InChI=1S/C21H13ClN4/c22-12-13-7-20-10-18-4-3-16(24-18)8-14-1-2-15(23-14)9-17-5-6-19(25-17)11-21(13)26-20/h1-11H,12H2. The topological polar surface area (TPSA) is 49.4 Å². The molecule has 8 bridgehead atoms. The summed E-state index contributed by atoms with van der Waals surface area (Å²) in [5.41, 5.74) is 7.88. The van der Waals surface area contributed by atoms with Crippen LogP contribution in [0, 0.1) is 0 Å². The van der Waals surface area contributed by atoms with Crippen molar-refractivity contribution in [1.82, 2.24) is 0 Å². The zero-order chi connectivity index (χ0) is 17.5. The Balaban J connectivity index is 1.66. The lowest BCUT2D eigenvalue weighted by atomic mass is 10.2. The molecule has 0 aliphatic carbocycles. The molecule has 0 unspecified atom stereocenters. The number of allylic oxidation sites excluding steroid dienone is 12. The van der Waals surface area contributed by atoms with Gasteiger partial charge in [0, 0.05) is 5.88 Å². The second-order valence-corrected chi connectivity index (χ2v) is 6.45. The van der Waals surface area contributed by atoms with Gasteiger partial charge < -0.3 is 0 Å². The SMILES string of the molecule is ClCC1=CC2=NC1=CC1=NC(=CC3=NC(=CC4=NC(=C2)C=C4)C=C3)C=C1. The van der Waals surface area contributed by atoms with Gasteiger partial charge in [0.1, 0.15) is 0 Å². The normalized spacial score (nSPS) is 22.3. The summed E-state index contributed by atoms with van der Waals surface area (Å²) in [7, 11) is 0. The van der Waals surface area contributed by atoms with Gasteiger partial charge in [-0.15, -0.1) is 11.6 Å². The summed E-state index contributed by atoms with van der Waals surface area (Å²) >= 11 is 6.10. The molecule has 5 rings (SSSR count). The third-order valence-electron chi connectivity index (χ3n) is 4.27. The summed E-state index contributed by atoms with van der Waals surface area (Å²) in [5.74, 6) is 0.403. The van der Waals surface area contributed by atoms with Gasteiger partial charge in [-0.3, -0.25) is 0 Å². The second kappa shape index (κ2) is 6.00. The smallest absolute Gasteiger partial charge is 0.0703 e. The van der Waals surface area contributed by atoms with Crippen LogP contribution in [0.1, 0.15) is 0 Å². The highest BCUT2D eigenvalue weighted by molar-refractivity contribution is 6.22. The Hall–Kier alpha value is -3.11. The van der Waals surface area contributed by atoms with Crippen LogP contribution in [0.3, 0.4) is 0 Å². The molecule has 0 N–H and O–H groups in total. The average molecular weight is 357 g/mol. The molecule has 4 nitrogen and oxygen atoms in total. The van der Waals surface area contributed by atoms with Crippen molar-refractivity contribution < 1.29 is 0 Å². The Morgan fingerprint density at radius 1 is 0.538 bits per heavy atom. The van der Waals surface area contributed by atoms with Gasteiger partial charge in [-0.25, -0.2) is 20.0 Å². The predicted octanol–water partition coefficient (Wildman–Crippen LogP) is 4.19. The number of nitrogens with zero attached hydrogens (tertiary/aromatic N) is 4. The monoisotopic (exact) mass is 356 g/mol. The molecule has 124 valence electrons. The van der Waals surface area contributed by atoms with Crippen LogP contribution in [0.5, 0.6) is 0 Å². The first kappa shape index (κ1) is 15.2. The van der Waals surface area contributed by atoms with Crippen molar-refractivity contribution in [3.05, 3.63) is 95.2 Å². The maximum absolute atomic E-state index is 6.10. The number of hydrogen-bond donors (Lipinski definition) is 0. The molecule has 5 aliphatic heterocycles. The van der Waals surface area contributed by atoms with Gasteiger partial charge in [0.25, 0.3) is 0 Å². The van der Waals surface area contributed by atoms with E-state index in [0.717, 1.165) is 51.2 Å². The largest absolute Gasteiger partial charge is 0.249 e. The zero-order valence-corrected chi connectivity index (χ0v) is 14.5. The first-order valence-corrected chi connectivity index (χ1v) is 8.81. The number of alkyl halides is 1. The number of halogens is 1. The minimum absolute atomic E-state index is 0.403. The van der Waals surface area contributed by atoms with E-state index in [1.807, 2.05) is 66.8 Å². The highest BCUT2D eigenvalue weighted by atomic mass is 35.5. The molecule has 0 aromatic heterocycles. The van der Waals surface area contributed by atoms with Crippen LogP contribution in [0.25, 0.3) is 0 Å². The molecule has 0 aromatic rings. The predicted molar refractivity (Wildman–Crippen MR) is 108 cm³/mol. The summed E-state index contributed by atoms with van der Waals surface area (Å²) in [6.07, 6.45) is 21.7. The van der Waals surface area contributed by atoms with E-state index < -0.39 is 0 Å². The molecule has 0 radical (unpaired) electrons. The van der Waals surface area contributed by atoms with Crippen LogP contribution >= 0.6 is 11.6 Å². The molecule has 5 heterocycles. The molecular weight excluding hydrogens is 344 g/mol. The maximum atomic E-state index is 6.10. The van der Waals surface area contributed by atoms with Crippen LogP contribution in [0.4, 0.5) is 0 Å². The molecule has 5 aliphatic rings. The molecule has 0 fully saturated rings. The summed E-state index contributed by atoms with van der Waals surface area (Å²) < 4.78 is 0. The summed E-state index contributed by atoms with van der Waals surface area (Å²) in [6, 6.07) is 0. The van der Waals surface area contributed by atoms with Gasteiger partial charge in [0.05, 0.1) is 45.6 Å². The average Bonchev–Trinajstić information content (AvgIpc) is 3.39. The quantitative estimate of drug-likeness (QED) is 0.633. The fraction of sp³-hybridized carbons (Fsp3) is 0.0476. The lowest BCUT2D eigenvalue weighted by Gasteiger charge is -1.97. The second-order valence-electron chi connectivity index (χ2n) is 6.19. The minimum Gasteiger partial charge on any atom is -0.249 e. The molecule has 0 atom stereocenters. The Morgan fingerprint density at radius 2 is 1.04 bits per heavy atom. The molecule has 5 heteroatoms. The van der Waals surface area contributed by atoms with Crippen LogP contribution in [-0.2, 0) is 0 Å². The van der Waals surface area contributed by atoms with E-state index in [0.29, 0.717) is 5.88 Å². The maximum Gasteiger partial charge on any atom is 0.0703 e. The van der Waals surface area contributed by atoms with E-state index in [4.69, 9.17) is 11.6 Å². The van der Waals surface area contributed by atoms with Crippen molar-refractivity contribution in [3.8, 4) is 0 Å². The number of aliphatic imine (C=N–C) groups is 4. The van der Waals surface area contributed by atoms with E-state index >= 15 is 0 Å². The van der Waals surface area contributed by atoms with Crippen molar-refractivity contribution in [1.29, 1.82) is 0 Å². The van der Waals surface area contributed by atoms with E-state index in [-0.39, 0.29) is 0 Å². The number of fused-ring (bicyclic) bond motifs is 4. The van der Waals surface area contributed by atoms with Gasteiger partial charge in [-0.05, 0) is 72.4 Å². The highest BCUT2D eigenvalue weighted by Gasteiger charge is 2.16. The van der Waals surface area contributed by atoms with E-state index in [9.17, 15) is 0 Å². The Kier molecular flexibility index (Phi) is 3.50. The van der Waals surface area contributed by atoms with Crippen LogP contribution < -0.4 is 0 Å².